The van der Waals surface area contributed by atoms with E-state index in [2.05, 4.69) is 0 Å². The number of primary amides is 2. The number of carbonyl (C=O) groups excluding carboxylic acids is 2. The van der Waals surface area contributed by atoms with Crippen LogP contribution < -0.4 is 11.5 Å². The standard InChI is InChI=1S/C13H26N2O2/c1-8(12(3,4)10(14)16)7-9(2)13(5,6)11(15)17/h8-9H,7H2,1-6H3,(H2,14,16)(H2,15,17). The molecule has 2 amide bonds. The predicted molar refractivity (Wildman–Crippen MR) is 68.9 cm³/mol. The minimum atomic E-state index is -0.567. The highest BCUT2D eigenvalue weighted by Crippen LogP contribution is 2.37. The van der Waals surface area contributed by atoms with Gasteiger partial charge in [0.25, 0.3) is 0 Å². The Hall–Kier alpha value is -1.06. The van der Waals surface area contributed by atoms with Crippen molar-refractivity contribution in [2.45, 2.75) is 48.0 Å². The molecule has 0 aliphatic heterocycles. The van der Waals surface area contributed by atoms with Gasteiger partial charge in [0.15, 0.2) is 0 Å². The minimum Gasteiger partial charge on any atom is -0.369 e. The van der Waals surface area contributed by atoms with Gasteiger partial charge in [-0.2, -0.15) is 0 Å². The highest BCUT2D eigenvalue weighted by molar-refractivity contribution is 5.81. The van der Waals surface area contributed by atoms with Gasteiger partial charge in [0.05, 0.1) is 0 Å². The van der Waals surface area contributed by atoms with Crippen molar-refractivity contribution in [3.05, 3.63) is 0 Å². The van der Waals surface area contributed by atoms with Crippen molar-refractivity contribution >= 4 is 11.8 Å². The van der Waals surface area contributed by atoms with Gasteiger partial charge in [-0.05, 0) is 18.3 Å². The summed E-state index contributed by atoms with van der Waals surface area (Å²) in [6.07, 6.45) is 0.742. The summed E-state index contributed by atoms with van der Waals surface area (Å²) in [5.41, 5.74) is 9.64. The van der Waals surface area contributed by atoms with Crippen molar-refractivity contribution in [3.8, 4) is 0 Å². The van der Waals surface area contributed by atoms with Crippen molar-refractivity contribution in [2.24, 2.45) is 34.1 Å². The first kappa shape index (κ1) is 15.9. The summed E-state index contributed by atoms with van der Waals surface area (Å²) in [6, 6.07) is 0. The summed E-state index contributed by atoms with van der Waals surface area (Å²) < 4.78 is 0. The topological polar surface area (TPSA) is 86.2 Å². The largest absolute Gasteiger partial charge is 0.369 e. The Morgan fingerprint density at radius 1 is 0.882 bits per heavy atom. The van der Waals surface area contributed by atoms with Crippen LogP contribution in [-0.2, 0) is 9.59 Å². The van der Waals surface area contributed by atoms with E-state index in [-0.39, 0.29) is 23.7 Å². The van der Waals surface area contributed by atoms with E-state index < -0.39 is 10.8 Å². The number of nitrogens with two attached hydrogens (primary N) is 2. The van der Waals surface area contributed by atoms with Gasteiger partial charge in [-0.3, -0.25) is 9.59 Å². The van der Waals surface area contributed by atoms with Crippen LogP contribution in [0, 0.1) is 22.7 Å². The van der Waals surface area contributed by atoms with E-state index in [0.29, 0.717) is 0 Å². The lowest BCUT2D eigenvalue weighted by molar-refractivity contribution is -0.130. The van der Waals surface area contributed by atoms with Crippen LogP contribution in [0.3, 0.4) is 0 Å². The van der Waals surface area contributed by atoms with Crippen LogP contribution in [0.4, 0.5) is 0 Å². The molecule has 0 heterocycles. The van der Waals surface area contributed by atoms with Crippen molar-refractivity contribution in [1.82, 2.24) is 0 Å². The molecule has 4 nitrogen and oxygen atoms in total. The molecule has 4 N–H and O–H groups in total. The first-order valence-electron chi connectivity index (χ1n) is 6.03. The monoisotopic (exact) mass is 242 g/mol. The maximum absolute atomic E-state index is 11.4. The lowest BCUT2D eigenvalue weighted by atomic mass is 9.69. The third kappa shape index (κ3) is 3.45. The van der Waals surface area contributed by atoms with E-state index in [0.717, 1.165) is 6.42 Å². The fraction of sp³-hybridized carbons (Fsp3) is 0.846. The summed E-state index contributed by atoms with van der Waals surface area (Å²) >= 11 is 0. The van der Waals surface area contributed by atoms with Crippen LogP contribution in [0.25, 0.3) is 0 Å². The number of hydrogen-bond acceptors (Lipinski definition) is 2. The second-order valence-electron chi connectivity index (χ2n) is 6.21. The zero-order valence-corrected chi connectivity index (χ0v) is 11.8. The SMILES string of the molecule is CC(CC(C)C(C)(C)C(N)=O)C(C)(C)C(N)=O. The molecule has 0 rings (SSSR count). The van der Waals surface area contributed by atoms with E-state index in [9.17, 15) is 9.59 Å². The van der Waals surface area contributed by atoms with E-state index in [1.54, 1.807) is 0 Å². The van der Waals surface area contributed by atoms with Gasteiger partial charge in [-0.15, -0.1) is 0 Å². The van der Waals surface area contributed by atoms with Crippen molar-refractivity contribution < 1.29 is 9.59 Å². The first-order chi connectivity index (χ1) is 7.44. The van der Waals surface area contributed by atoms with E-state index >= 15 is 0 Å². The Balaban J connectivity index is 4.77. The average molecular weight is 242 g/mol. The van der Waals surface area contributed by atoms with Gasteiger partial charge in [-0.1, -0.05) is 41.5 Å². The van der Waals surface area contributed by atoms with Gasteiger partial charge in [0.1, 0.15) is 0 Å². The summed E-state index contributed by atoms with van der Waals surface area (Å²) in [5.74, 6) is -0.412. The Morgan fingerprint density at radius 3 is 1.29 bits per heavy atom. The number of carbonyl (C=O) groups is 2. The van der Waals surface area contributed by atoms with E-state index in [1.165, 1.54) is 0 Å². The maximum Gasteiger partial charge on any atom is 0.223 e. The molecule has 0 spiro atoms. The molecule has 4 heteroatoms. The summed E-state index contributed by atoms with van der Waals surface area (Å²) in [4.78, 5) is 22.7. The molecule has 0 aliphatic rings. The molecule has 2 atom stereocenters. The van der Waals surface area contributed by atoms with Crippen LogP contribution in [0.5, 0.6) is 0 Å². The van der Waals surface area contributed by atoms with Gasteiger partial charge in [-0.25, -0.2) is 0 Å². The van der Waals surface area contributed by atoms with Crippen molar-refractivity contribution in [2.75, 3.05) is 0 Å². The van der Waals surface area contributed by atoms with Crippen molar-refractivity contribution in [1.29, 1.82) is 0 Å². The Labute approximate surface area is 104 Å². The molecule has 0 saturated heterocycles. The predicted octanol–water partition coefficient (Wildman–Crippen LogP) is 1.67. The molecular formula is C13H26N2O2. The molecule has 17 heavy (non-hydrogen) atoms. The molecule has 0 saturated carbocycles. The molecular weight excluding hydrogens is 216 g/mol. The van der Waals surface area contributed by atoms with Gasteiger partial charge in [0, 0.05) is 10.8 Å². The van der Waals surface area contributed by atoms with Crippen LogP contribution in [-0.4, -0.2) is 11.8 Å². The molecule has 0 aromatic rings. The zero-order valence-electron chi connectivity index (χ0n) is 11.8. The molecule has 100 valence electrons. The van der Waals surface area contributed by atoms with Crippen LogP contribution in [0.1, 0.15) is 48.0 Å². The van der Waals surface area contributed by atoms with E-state index in [1.807, 2.05) is 41.5 Å². The van der Waals surface area contributed by atoms with Gasteiger partial charge < -0.3 is 11.5 Å². The third-order valence-corrected chi connectivity index (χ3v) is 4.44. The molecule has 2 unspecified atom stereocenters. The smallest absolute Gasteiger partial charge is 0.223 e. The van der Waals surface area contributed by atoms with Crippen molar-refractivity contribution in [3.63, 3.8) is 0 Å². The molecule has 0 radical (unpaired) electrons. The van der Waals surface area contributed by atoms with E-state index in [4.69, 9.17) is 11.5 Å². The highest BCUT2D eigenvalue weighted by atomic mass is 16.1. The van der Waals surface area contributed by atoms with Crippen LogP contribution in [0.2, 0.25) is 0 Å². The summed E-state index contributed by atoms with van der Waals surface area (Å²) in [7, 11) is 0. The number of hydrogen-bond donors (Lipinski definition) is 2. The minimum absolute atomic E-state index is 0.105. The molecule has 0 bridgehead atoms. The Kier molecular flexibility index (Phi) is 4.75. The lowest BCUT2D eigenvalue weighted by Gasteiger charge is -2.35. The fourth-order valence-corrected chi connectivity index (χ4v) is 1.61. The fourth-order valence-electron chi connectivity index (χ4n) is 1.61. The second-order valence-corrected chi connectivity index (χ2v) is 6.21. The first-order valence-corrected chi connectivity index (χ1v) is 6.03. The third-order valence-electron chi connectivity index (χ3n) is 4.44. The molecule has 0 aromatic heterocycles. The molecule has 0 aliphatic carbocycles. The van der Waals surface area contributed by atoms with Gasteiger partial charge in [0.2, 0.25) is 11.8 Å². The average Bonchev–Trinajstić information content (AvgIpc) is 2.16. The zero-order chi connectivity index (χ0) is 14.0. The summed E-state index contributed by atoms with van der Waals surface area (Å²) in [6.45, 7) is 11.3. The molecule has 0 fully saturated rings. The Morgan fingerprint density at radius 2 is 1.12 bits per heavy atom. The highest BCUT2D eigenvalue weighted by Gasteiger charge is 2.38. The quantitative estimate of drug-likeness (QED) is 0.742. The second kappa shape index (κ2) is 5.07. The Bertz CT molecular complexity index is 279. The number of rotatable bonds is 6. The normalized spacial score (nSPS) is 16.4. The summed E-state index contributed by atoms with van der Waals surface area (Å²) in [5, 5.41) is 0. The lowest BCUT2D eigenvalue weighted by Crippen LogP contribution is -2.42. The van der Waals surface area contributed by atoms with Gasteiger partial charge >= 0.3 is 0 Å². The number of amides is 2. The molecule has 0 aromatic carbocycles. The maximum atomic E-state index is 11.4. The van der Waals surface area contributed by atoms with Crippen LogP contribution >= 0.6 is 0 Å². The van der Waals surface area contributed by atoms with Crippen LogP contribution in [0.15, 0.2) is 0 Å².